The van der Waals surface area contributed by atoms with Gasteiger partial charge in [-0.15, -0.1) is 0 Å². The molecule has 0 heterocycles. The van der Waals surface area contributed by atoms with Crippen LogP contribution in [0, 0.1) is 26.0 Å². The molecule has 112 valence electrons. The van der Waals surface area contributed by atoms with Crippen molar-refractivity contribution in [2.75, 3.05) is 0 Å². The average molecular weight is 305 g/mol. The molecule has 0 fully saturated rings. The molecule has 22 heavy (non-hydrogen) atoms. The topological polar surface area (TPSA) is 108 Å². The number of non-ortho nitro benzene ring substituents is 1. The van der Waals surface area contributed by atoms with Crippen LogP contribution in [-0.2, 0) is 0 Å². The Morgan fingerprint density at radius 2 is 1.73 bits per heavy atom. The zero-order valence-corrected chi connectivity index (χ0v) is 10.9. The molecule has 0 N–H and O–H groups in total. The van der Waals surface area contributed by atoms with Gasteiger partial charge in [0.25, 0.3) is 5.69 Å². The molecule has 8 nitrogen and oxygen atoms in total. The standard InChI is InChI=1S/C13H8FN3O5/c14-10-3-1-9(2-4-10)8-15-22-13-6-5-11(16(18)19)7-12(13)17(20)21/h1-8H/b15-8-. The van der Waals surface area contributed by atoms with Gasteiger partial charge in [0.05, 0.1) is 22.1 Å². The molecular weight excluding hydrogens is 297 g/mol. The molecule has 0 radical (unpaired) electrons. The van der Waals surface area contributed by atoms with Crippen LogP contribution in [0.3, 0.4) is 0 Å². The molecule has 2 aromatic rings. The fourth-order valence-electron chi connectivity index (χ4n) is 1.53. The highest BCUT2D eigenvalue weighted by molar-refractivity contribution is 5.79. The third-order valence-corrected chi connectivity index (χ3v) is 2.57. The molecule has 9 heteroatoms. The van der Waals surface area contributed by atoms with Gasteiger partial charge in [0.1, 0.15) is 5.82 Å². The van der Waals surface area contributed by atoms with E-state index < -0.39 is 27.0 Å². The van der Waals surface area contributed by atoms with Crippen molar-refractivity contribution in [3.63, 3.8) is 0 Å². The van der Waals surface area contributed by atoms with Gasteiger partial charge in [-0.25, -0.2) is 4.39 Å². The first-order valence-corrected chi connectivity index (χ1v) is 5.86. The summed E-state index contributed by atoms with van der Waals surface area (Å²) in [6.45, 7) is 0. The molecule has 0 aliphatic rings. The van der Waals surface area contributed by atoms with Gasteiger partial charge >= 0.3 is 5.69 Å². The van der Waals surface area contributed by atoms with E-state index in [1.54, 1.807) is 0 Å². The van der Waals surface area contributed by atoms with E-state index in [0.29, 0.717) is 5.56 Å². The lowest BCUT2D eigenvalue weighted by atomic mass is 10.2. The third-order valence-electron chi connectivity index (χ3n) is 2.57. The van der Waals surface area contributed by atoms with Gasteiger partial charge in [0.15, 0.2) is 0 Å². The Morgan fingerprint density at radius 3 is 2.32 bits per heavy atom. The lowest BCUT2D eigenvalue weighted by Gasteiger charge is -2.00. The van der Waals surface area contributed by atoms with E-state index >= 15 is 0 Å². The maximum atomic E-state index is 12.7. The van der Waals surface area contributed by atoms with E-state index in [4.69, 9.17) is 4.84 Å². The zero-order valence-electron chi connectivity index (χ0n) is 10.9. The maximum absolute atomic E-state index is 12.7. The lowest BCUT2D eigenvalue weighted by Crippen LogP contribution is -1.96. The van der Waals surface area contributed by atoms with Gasteiger partial charge in [-0.05, 0) is 23.8 Å². The minimum Gasteiger partial charge on any atom is -0.350 e. The van der Waals surface area contributed by atoms with E-state index in [9.17, 15) is 24.6 Å². The summed E-state index contributed by atoms with van der Waals surface area (Å²) in [5, 5.41) is 25.0. The quantitative estimate of drug-likeness (QED) is 0.479. The number of benzene rings is 2. The largest absolute Gasteiger partial charge is 0.350 e. The van der Waals surface area contributed by atoms with Crippen LogP contribution in [0.4, 0.5) is 15.8 Å². The molecular formula is C13H8FN3O5. The molecule has 0 bridgehead atoms. The van der Waals surface area contributed by atoms with Gasteiger partial charge in [0.2, 0.25) is 5.75 Å². The summed E-state index contributed by atoms with van der Waals surface area (Å²) in [5.41, 5.74) is -0.488. The summed E-state index contributed by atoms with van der Waals surface area (Å²) >= 11 is 0. The number of halogens is 1. The van der Waals surface area contributed by atoms with Gasteiger partial charge in [0, 0.05) is 6.07 Å². The van der Waals surface area contributed by atoms with Crippen molar-refractivity contribution < 1.29 is 19.1 Å². The third kappa shape index (κ3) is 3.60. The second-order valence-corrected chi connectivity index (χ2v) is 4.04. The Morgan fingerprint density at radius 1 is 1.05 bits per heavy atom. The highest BCUT2D eigenvalue weighted by Gasteiger charge is 2.20. The van der Waals surface area contributed by atoms with Crippen molar-refractivity contribution in [2.24, 2.45) is 5.16 Å². The van der Waals surface area contributed by atoms with Crippen molar-refractivity contribution in [3.05, 3.63) is 74.1 Å². The highest BCUT2D eigenvalue weighted by atomic mass is 19.1. The highest BCUT2D eigenvalue weighted by Crippen LogP contribution is 2.31. The van der Waals surface area contributed by atoms with Crippen molar-refractivity contribution in [2.45, 2.75) is 0 Å². The first-order chi connectivity index (χ1) is 10.5. The molecule has 0 amide bonds. The van der Waals surface area contributed by atoms with Crippen LogP contribution in [-0.4, -0.2) is 16.1 Å². The van der Waals surface area contributed by atoms with Crippen LogP contribution in [0.25, 0.3) is 0 Å². The number of hydrogen-bond acceptors (Lipinski definition) is 6. The SMILES string of the molecule is O=[N+]([O-])c1ccc(O/N=C\c2ccc(F)cc2)c([N+](=O)[O-])c1. The van der Waals surface area contributed by atoms with Crippen LogP contribution in [0.1, 0.15) is 5.56 Å². The van der Waals surface area contributed by atoms with Gasteiger partial charge in [-0.1, -0.05) is 17.3 Å². The van der Waals surface area contributed by atoms with Gasteiger partial charge in [-0.2, -0.15) is 0 Å². The first kappa shape index (κ1) is 15.0. The van der Waals surface area contributed by atoms with E-state index in [2.05, 4.69) is 5.16 Å². The number of rotatable bonds is 5. The molecule has 0 aliphatic heterocycles. The Bertz CT molecular complexity index is 746. The number of nitro benzene ring substituents is 2. The van der Waals surface area contributed by atoms with Crippen molar-refractivity contribution in [1.82, 2.24) is 0 Å². The van der Waals surface area contributed by atoms with Crippen LogP contribution in [0.2, 0.25) is 0 Å². The molecule has 0 saturated heterocycles. The smallest absolute Gasteiger partial charge is 0.321 e. The predicted octanol–water partition coefficient (Wildman–Crippen LogP) is 3.06. The Labute approximate surface area is 122 Å². The minimum atomic E-state index is -0.810. The molecule has 0 aromatic heterocycles. The summed E-state index contributed by atoms with van der Waals surface area (Å²) in [6.07, 6.45) is 1.23. The summed E-state index contributed by atoms with van der Waals surface area (Å²) < 4.78 is 12.7. The van der Waals surface area contributed by atoms with E-state index in [0.717, 1.165) is 18.2 Å². The van der Waals surface area contributed by atoms with Gasteiger partial charge in [-0.3, -0.25) is 20.2 Å². The fourth-order valence-corrected chi connectivity index (χ4v) is 1.53. The maximum Gasteiger partial charge on any atom is 0.321 e. The molecule has 0 saturated carbocycles. The van der Waals surface area contributed by atoms with Crippen LogP contribution < -0.4 is 4.84 Å². The number of nitrogens with zero attached hydrogens (tertiary/aromatic N) is 3. The van der Waals surface area contributed by atoms with E-state index in [-0.39, 0.29) is 5.75 Å². The summed E-state index contributed by atoms with van der Waals surface area (Å²) in [6, 6.07) is 8.24. The Kier molecular flexibility index (Phi) is 4.37. The summed E-state index contributed by atoms with van der Waals surface area (Å²) in [4.78, 5) is 24.8. The predicted molar refractivity (Wildman–Crippen MR) is 74.4 cm³/mol. The summed E-state index contributed by atoms with van der Waals surface area (Å²) in [7, 11) is 0. The molecule has 0 unspecified atom stereocenters. The Balaban J connectivity index is 2.20. The number of nitro groups is 2. The Hall–Kier alpha value is -3.36. The van der Waals surface area contributed by atoms with E-state index in [1.165, 1.54) is 30.5 Å². The first-order valence-electron chi connectivity index (χ1n) is 5.86. The molecule has 0 aliphatic carbocycles. The molecule has 2 rings (SSSR count). The zero-order chi connectivity index (χ0) is 16.1. The monoisotopic (exact) mass is 305 g/mol. The minimum absolute atomic E-state index is 0.242. The van der Waals surface area contributed by atoms with Crippen molar-refractivity contribution in [1.29, 1.82) is 0 Å². The fraction of sp³-hybridized carbons (Fsp3) is 0. The second kappa shape index (κ2) is 6.39. The van der Waals surface area contributed by atoms with Crippen molar-refractivity contribution >= 4 is 17.6 Å². The van der Waals surface area contributed by atoms with Crippen molar-refractivity contribution in [3.8, 4) is 5.75 Å². The van der Waals surface area contributed by atoms with Crippen LogP contribution in [0.5, 0.6) is 5.75 Å². The van der Waals surface area contributed by atoms with Gasteiger partial charge < -0.3 is 4.84 Å². The molecule has 0 atom stereocenters. The van der Waals surface area contributed by atoms with Crippen LogP contribution >= 0.6 is 0 Å². The van der Waals surface area contributed by atoms with E-state index in [1.807, 2.05) is 0 Å². The average Bonchev–Trinajstić information content (AvgIpc) is 2.49. The van der Waals surface area contributed by atoms with Crippen LogP contribution in [0.15, 0.2) is 47.6 Å². The number of hydrogen-bond donors (Lipinski definition) is 0. The molecule has 0 spiro atoms. The number of oxime groups is 1. The lowest BCUT2D eigenvalue weighted by molar-refractivity contribution is -0.394. The second-order valence-electron chi connectivity index (χ2n) is 4.04. The normalized spacial score (nSPS) is 10.6. The molecule has 2 aromatic carbocycles. The summed E-state index contributed by atoms with van der Waals surface area (Å²) in [5.74, 6) is -0.655.